The largest absolute Gasteiger partial charge is 0.463 e. The SMILES string of the molecule is CCOC(=O)/C=C/C=C(\C)c1cccc(CCc2ccc(CO[Si](C)(C)C(C)(C)C)c(CO[Si](C)(C)C(C)(C)C)c2)c1. The molecule has 0 aliphatic rings. The van der Waals surface area contributed by atoms with Crippen LogP contribution in [0.2, 0.25) is 36.3 Å². The van der Waals surface area contributed by atoms with Crippen molar-refractivity contribution >= 4 is 28.2 Å². The zero-order chi connectivity index (χ0) is 31.8. The maximum absolute atomic E-state index is 11.6. The molecule has 0 aliphatic heterocycles. The van der Waals surface area contributed by atoms with Gasteiger partial charge in [-0.25, -0.2) is 4.79 Å². The van der Waals surface area contributed by atoms with Crippen molar-refractivity contribution in [3.63, 3.8) is 0 Å². The Labute approximate surface area is 258 Å². The lowest BCUT2D eigenvalue weighted by molar-refractivity contribution is -0.137. The summed E-state index contributed by atoms with van der Waals surface area (Å²) < 4.78 is 18.3. The van der Waals surface area contributed by atoms with Crippen LogP contribution in [0, 0.1) is 0 Å². The first kappa shape index (κ1) is 35.9. The molecular formula is C36H56O4Si2. The third-order valence-electron chi connectivity index (χ3n) is 9.01. The first-order valence-electron chi connectivity index (χ1n) is 15.4. The summed E-state index contributed by atoms with van der Waals surface area (Å²) >= 11 is 0. The normalized spacial score (nSPS) is 13.6. The molecule has 0 fully saturated rings. The van der Waals surface area contributed by atoms with E-state index in [0.717, 1.165) is 24.0 Å². The van der Waals surface area contributed by atoms with Crippen LogP contribution in [0.3, 0.4) is 0 Å². The molecule has 0 unspecified atom stereocenters. The molecular weight excluding hydrogens is 553 g/mol. The third kappa shape index (κ3) is 10.8. The molecule has 2 rings (SSSR count). The first-order chi connectivity index (χ1) is 19.4. The monoisotopic (exact) mass is 608 g/mol. The Morgan fingerprint density at radius 2 is 1.33 bits per heavy atom. The Balaban J connectivity index is 2.23. The number of hydrogen-bond donors (Lipinski definition) is 0. The maximum Gasteiger partial charge on any atom is 0.330 e. The van der Waals surface area contributed by atoms with Crippen molar-refractivity contribution < 1.29 is 18.4 Å². The Morgan fingerprint density at radius 3 is 1.88 bits per heavy atom. The van der Waals surface area contributed by atoms with E-state index in [1.807, 2.05) is 6.08 Å². The zero-order valence-corrected chi connectivity index (χ0v) is 30.4. The molecule has 0 aromatic heterocycles. The van der Waals surface area contributed by atoms with Crippen molar-refractivity contribution in [3.05, 3.63) is 88.5 Å². The molecule has 0 amide bonds. The lowest BCUT2D eigenvalue weighted by Gasteiger charge is -2.37. The molecule has 2 aromatic carbocycles. The molecule has 0 aliphatic carbocycles. The number of aryl methyl sites for hydroxylation is 2. The quantitative estimate of drug-likeness (QED) is 0.0982. The van der Waals surface area contributed by atoms with Gasteiger partial charge in [-0.3, -0.25) is 0 Å². The number of rotatable bonds is 13. The van der Waals surface area contributed by atoms with E-state index in [2.05, 4.69) is 117 Å². The predicted molar refractivity (Wildman–Crippen MR) is 184 cm³/mol. The van der Waals surface area contributed by atoms with Crippen LogP contribution in [0.15, 0.2) is 60.7 Å². The Kier molecular flexibility index (Phi) is 12.8. The van der Waals surface area contributed by atoms with Crippen molar-refractivity contribution in [2.24, 2.45) is 0 Å². The molecule has 0 saturated heterocycles. The highest BCUT2D eigenvalue weighted by Gasteiger charge is 2.38. The summed E-state index contributed by atoms with van der Waals surface area (Å²) in [5.74, 6) is -0.318. The van der Waals surface area contributed by atoms with Crippen LogP contribution in [0.25, 0.3) is 5.57 Å². The number of esters is 1. The molecule has 0 N–H and O–H groups in total. The maximum atomic E-state index is 11.6. The second-order valence-electron chi connectivity index (χ2n) is 14.4. The van der Waals surface area contributed by atoms with E-state index in [4.69, 9.17) is 13.6 Å². The van der Waals surface area contributed by atoms with Gasteiger partial charge in [0, 0.05) is 6.08 Å². The molecule has 0 radical (unpaired) electrons. The van der Waals surface area contributed by atoms with E-state index in [9.17, 15) is 4.79 Å². The van der Waals surface area contributed by atoms with Crippen LogP contribution in [-0.2, 0) is 44.4 Å². The smallest absolute Gasteiger partial charge is 0.330 e. The Hall–Kier alpha value is -2.26. The van der Waals surface area contributed by atoms with Crippen molar-refractivity contribution in [1.82, 2.24) is 0 Å². The number of hydrogen-bond acceptors (Lipinski definition) is 4. The van der Waals surface area contributed by atoms with E-state index in [1.165, 1.54) is 28.3 Å². The van der Waals surface area contributed by atoms with Crippen molar-refractivity contribution in [2.45, 2.75) is 118 Å². The summed E-state index contributed by atoms with van der Waals surface area (Å²) in [6.45, 7) is 28.5. The van der Waals surface area contributed by atoms with E-state index in [0.29, 0.717) is 19.8 Å². The first-order valence-corrected chi connectivity index (χ1v) is 21.2. The average molecular weight is 609 g/mol. The van der Waals surface area contributed by atoms with Crippen LogP contribution in [0.1, 0.15) is 83.2 Å². The molecule has 0 spiro atoms. The number of benzene rings is 2. The summed E-state index contributed by atoms with van der Waals surface area (Å²) in [5.41, 5.74) is 7.35. The lowest BCUT2D eigenvalue weighted by Crippen LogP contribution is -2.41. The average Bonchev–Trinajstić information content (AvgIpc) is 2.89. The van der Waals surface area contributed by atoms with Gasteiger partial charge in [0.05, 0.1) is 19.8 Å². The summed E-state index contributed by atoms with van der Waals surface area (Å²) in [6.07, 6.45) is 7.07. The highest BCUT2D eigenvalue weighted by Crippen LogP contribution is 2.39. The molecule has 2 aromatic rings. The molecule has 0 bridgehead atoms. The van der Waals surface area contributed by atoms with Gasteiger partial charge in [-0.05, 0) is 96.3 Å². The van der Waals surface area contributed by atoms with Gasteiger partial charge in [-0.15, -0.1) is 0 Å². The number of allylic oxidation sites excluding steroid dienone is 3. The lowest BCUT2D eigenvalue weighted by atomic mass is 9.97. The minimum absolute atomic E-state index is 0.161. The van der Waals surface area contributed by atoms with E-state index in [-0.39, 0.29) is 16.0 Å². The van der Waals surface area contributed by atoms with Gasteiger partial charge in [-0.1, -0.05) is 96.2 Å². The fourth-order valence-electron chi connectivity index (χ4n) is 3.88. The Bertz CT molecular complexity index is 1240. The molecule has 4 nitrogen and oxygen atoms in total. The Morgan fingerprint density at radius 1 is 0.786 bits per heavy atom. The van der Waals surface area contributed by atoms with E-state index < -0.39 is 16.6 Å². The molecule has 0 saturated carbocycles. The molecule has 0 atom stereocenters. The summed E-state index contributed by atoms with van der Waals surface area (Å²) in [7, 11) is -3.76. The second kappa shape index (κ2) is 15.0. The van der Waals surface area contributed by atoms with Gasteiger partial charge < -0.3 is 13.6 Å². The fourth-order valence-corrected chi connectivity index (χ4v) is 5.78. The minimum Gasteiger partial charge on any atom is -0.463 e. The third-order valence-corrected chi connectivity index (χ3v) is 18.0. The van der Waals surface area contributed by atoms with Crippen molar-refractivity contribution in [3.8, 4) is 0 Å². The van der Waals surface area contributed by atoms with Gasteiger partial charge in [0.2, 0.25) is 0 Å². The fraction of sp³-hybridized carbons (Fsp3) is 0.528. The van der Waals surface area contributed by atoms with Gasteiger partial charge in [0.25, 0.3) is 0 Å². The van der Waals surface area contributed by atoms with E-state index >= 15 is 0 Å². The van der Waals surface area contributed by atoms with Crippen LogP contribution < -0.4 is 0 Å². The summed E-state index contributed by atoms with van der Waals surface area (Å²) in [6, 6.07) is 15.5. The summed E-state index contributed by atoms with van der Waals surface area (Å²) in [4.78, 5) is 11.6. The highest BCUT2D eigenvalue weighted by atomic mass is 28.4. The van der Waals surface area contributed by atoms with Crippen LogP contribution in [0.4, 0.5) is 0 Å². The highest BCUT2D eigenvalue weighted by molar-refractivity contribution is 6.74. The predicted octanol–water partition coefficient (Wildman–Crippen LogP) is 10.0. The summed E-state index contributed by atoms with van der Waals surface area (Å²) in [5, 5.41) is 0.332. The van der Waals surface area contributed by atoms with Crippen molar-refractivity contribution in [2.75, 3.05) is 6.61 Å². The topological polar surface area (TPSA) is 44.8 Å². The van der Waals surface area contributed by atoms with Gasteiger partial charge in [-0.2, -0.15) is 0 Å². The zero-order valence-electron chi connectivity index (χ0n) is 28.4. The molecule has 42 heavy (non-hydrogen) atoms. The van der Waals surface area contributed by atoms with Gasteiger partial charge in [0.1, 0.15) is 0 Å². The minimum atomic E-state index is -1.89. The molecule has 0 heterocycles. The van der Waals surface area contributed by atoms with Crippen LogP contribution in [-0.4, -0.2) is 29.2 Å². The number of ether oxygens (including phenoxy) is 1. The van der Waals surface area contributed by atoms with Gasteiger partial charge in [0.15, 0.2) is 16.6 Å². The molecule has 232 valence electrons. The van der Waals surface area contributed by atoms with E-state index in [1.54, 1.807) is 13.0 Å². The standard InChI is InChI=1S/C36H56O4Si2/c1-13-38-34(37)19-14-16-28(2)31-18-15-17-29(24-31)20-21-30-22-23-32(26-39-41(9,10)35(3,4)5)33(25-30)27-40-42(11,12)36(6,7)8/h14-19,22-25H,13,20-21,26-27H2,1-12H3/b19-14+,28-16+. The second-order valence-corrected chi connectivity index (χ2v) is 24.0. The van der Waals surface area contributed by atoms with Crippen molar-refractivity contribution in [1.29, 1.82) is 0 Å². The van der Waals surface area contributed by atoms with Crippen LogP contribution >= 0.6 is 0 Å². The number of carbonyl (C=O) groups excluding carboxylic acids is 1. The van der Waals surface area contributed by atoms with Gasteiger partial charge >= 0.3 is 5.97 Å². The molecule has 6 heteroatoms. The van der Waals surface area contributed by atoms with Crippen LogP contribution in [0.5, 0.6) is 0 Å². The number of carbonyl (C=O) groups is 1.